The van der Waals surface area contributed by atoms with Gasteiger partial charge in [0.1, 0.15) is 11.9 Å². The summed E-state index contributed by atoms with van der Waals surface area (Å²) in [5.41, 5.74) is 5.99. The fourth-order valence-electron chi connectivity index (χ4n) is 2.47. The van der Waals surface area contributed by atoms with E-state index < -0.39 is 11.6 Å². The second-order valence-electron chi connectivity index (χ2n) is 4.98. The van der Waals surface area contributed by atoms with Crippen molar-refractivity contribution in [3.8, 4) is 5.75 Å². The Morgan fingerprint density at radius 3 is 2.83 bits per heavy atom. The van der Waals surface area contributed by atoms with Gasteiger partial charge in [0, 0.05) is 12.1 Å². The van der Waals surface area contributed by atoms with E-state index >= 15 is 0 Å². The maximum Gasteiger partial charge on any atom is 0.165 e. The molecule has 3 unspecified atom stereocenters. The van der Waals surface area contributed by atoms with Gasteiger partial charge in [-0.3, -0.25) is 0 Å². The molecule has 0 heterocycles. The van der Waals surface area contributed by atoms with E-state index in [1.54, 1.807) is 0 Å². The third kappa shape index (κ3) is 2.99. The minimum atomic E-state index is -0.540. The van der Waals surface area contributed by atoms with Crippen LogP contribution < -0.4 is 10.5 Å². The molecule has 0 amide bonds. The molecule has 0 aromatic heterocycles. The summed E-state index contributed by atoms with van der Waals surface area (Å²) in [4.78, 5) is 0. The lowest BCUT2D eigenvalue weighted by Crippen LogP contribution is -2.43. The first kappa shape index (κ1) is 13.3. The van der Waals surface area contributed by atoms with Gasteiger partial charge in [0.25, 0.3) is 0 Å². The summed E-state index contributed by atoms with van der Waals surface area (Å²) in [6.45, 7) is 2.13. The minimum Gasteiger partial charge on any atom is -0.486 e. The maximum absolute atomic E-state index is 13.5. The number of rotatable bonds is 3. The van der Waals surface area contributed by atoms with Crippen LogP contribution in [0, 0.1) is 17.6 Å². The third-order valence-electron chi connectivity index (χ3n) is 3.70. The first-order valence-electron chi connectivity index (χ1n) is 6.47. The summed E-state index contributed by atoms with van der Waals surface area (Å²) in [7, 11) is 0. The summed E-state index contributed by atoms with van der Waals surface area (Å²) in [5.74, 6) is -0.510. The van der Waals surface area contributed by atoms with Crippen molar-refractivity contribution in [1.29, 1.82) is 0 Å². The predicted molar refractivity (Wildman–Crippen MR) is 66.4 cm³/mol. The van der Waals surface area contributed by atoms with Crippen molar-refractivity contribution in [2.75, 3.05) is 0 Å². The minimum absolute atomic E-state index is 0.0350. The molecule has 4 heteroatoms. The van der Waals surface area contributed by atoms with Crippen LogP contribution in [0.3, 0.4) is 0 Å². The molecule has 3 atom stereocenters. The van der Waals surface area contributed by atoms with Crippen LogP contribution in [0.15, 0.2) is 18.2 Å². The van der Waals surface area contributed by atoms with Gasteiger partial charge in [-0.2, -0.15) is 0 Å². The lowest BCUT2D eigenvalue weighted by Gasteiger charge is -2.33. The summed E-state index contributed by atoms with van der Waals surface area (Å²) in [6, 6.07) is 3.14. The van der Waals surface area contributed by atoms with Gasteiger partial charge in [-0.15, -0.1) is 0 Å². The Morgan fingerprint density at radius 1 is 1.33 bits per heavy atom. The van der Waals surface area contributed by atoms with Crippen molar-refractivity contribution in [3.05, 3.63) is 29.8 Å². The Balaban J connectivity index is 2.09. The van der Waals surface area contributed by atoms with Gasteiger partial charge in [-0.25, -0.2) is 8.78 Å². The molecule has 2 rings (SSSR count). The standard InChI is InChI=1S/C14H19F2NO/c1-2-9-3-6-12(17)14(7-9)18-13-8-10(15)4-5-11(13)16/h4-5,8-9,12,14H,2-3,6-7,17H2,1H3. The van der Waals surface area contributed by atoms with Gasteiger partial charge < -0.3 is 10.5 Å². The van der Waals surface area contributed by atoms with Crippen LogP contribution >= 0.6 is 0 Å². The summed E-state index contributed by atoms with van der Waals surface area (Å²) < 4.78 is 32.1. The van der Waals surface area contributed by atoms with Crippen molar-refractivity contribution < 1.29 is 13.5 Å². The number of hydrogen-bond donors (Lipinski definition) is 1. The van der Waals surface area contributed by atoms with Crippen LogP contribution in [-0.2, 0) is 0 Å². The molecule has 18 heavy (non-hydrogen) atoms. The van der Waals surface area contributed by atoms with E-state index in [4.69, 9.17) is 10.5 Å². The van der Waals surface area contributed by atoms with E-state index in [1.807, 2.05) is 0 Å². The van der Waals surface area contributed by atoms with Crippen LogP contribution in [0.4, 0.5) is 8.78 Å². The van der Waals surface area contributed by atoms with E-state index in [0.717, 1.165) is 43.9 Å². The highest BCUT2D eigenvalue weighted by molar-refractivity contribution is 5.25. The van der Waals surface area contributed by atoms with Gasteiger partial charge in [-0.1, -0.05) is 13.3 Å². The largest absolute Gasteiger partial charge is 0.486 e. The Hall–Kier alpha value is -1.16. The second-order valence-corrected chi connectivity index (χ2v) is 4.98. The third-order valence-corrected chi connectivity index (χ3v) is 3.70. The van der Waals surface area contributed by atoms with E-state index in [0.29, 0.717) is 5.92 Å². The quantitative estimate of drug-likeness (QED) is 0.899. The van der Waals surface area contributed by atoms with Crippen LogP contribution in [0.25, 0.3) is 0 Å². The van der Waals surface area contributed by atoms with Crippen LogP contribution in [0.5, 0.6) is 5.75 Å². The molecule has 1 saturated carbocycles. The van der Waals surface area contributed by atoms with Crippen molar-refractivity contribution in [3.63, 3.8) is 0 Å². The molecular formula is C14H19F2NO. The number of benzene rings is 1. The monoisotopic (exact) mass is 255 g/mol. The van der Waals surface area contributed by atoms with E-state index in [1.165, 1.54) is 0 Å². The lowest BCUT2D eigenvalue weighted by atomic mass is 9.83. The Labute approximate surface area is 106 Å². The predicted octanol–water partition coefficient (Wildman–Crippen LogP) is 3.25. The molecule has 0 bridgehead atoms. The zero-order chi connectivity index (χ0) is 13.1. The first-order valence-corrected chi connectivity index (χ1v) is 6.47. The van der Waals surface area contributed by atoms with Gasteiger partial charge in [0.05, 0.1) is 0 Å². The number of ether oxygens (including phenoxy) is 1. The van der Waals surface area contributed by atoms with Gasteiger partial charge in [0.2, 0.25) is 0 Å². The molecule has 2 nitrogen and oxygen atoms in total. The second kappa shape index (κ2) is 5.65. The Kier molecular flexibility index (Phi) is 4.17. The SMILES string of the molecule is CCC1CCC(N)C(Oc2cc(F)ccc2F)C1. The fraction of sp³-hybridized carbons (Fsp3) is 0.571. The smallest absolute Gasteiger partial charge is 0.165 e. The topological polar surface area (TPSA) is 35.2 Å². The van der Waals surface area contributed by atoms with Crippen molar-refractivity contribution in [1.82, 2.24) is 0 Å². The van der Waals surface area contributed by atoms with Gasteiger partial charge >= 0.3 is 0 Å². The van der Waals surface area contributed by atoms with Gasteiger partial charge in [0.15, 0.2) is 11.6 Å². The first-order chi connectivity index (χ1) is 8.60. The Bertz CT molecular complexity index is 411. The van der Waals surface area contributed by atoms with E-state index in [2.05, 4.69) is 6.92 Å². The summed E-state index contributed by atoms with van der Waals surface area (Å²) in [6.07, 6.45) is 3.62. The molecular weight excluding hydrogens is 236 g/mol. The Morgan fingerprint density at radius 2 is 2.11 bits per heavy atom. The zero-order valence-corrected chi connectivity index (χ0v) is 10.5. The van der Waals surface area contributed by atoms with Crippen molar-refractivity contribution in [2.45, 2.75) is 44.8 Å². The summed E-state index contributed by atoms with van der Waals surface area (Å²) in [5, 5.41) is 0. The average molecular weight is 255 g/mol. The van der Waals surface area contributed by atoms with Crippen molar-refractivity contribution in [2.24, 2.45) is 11.7 Å². The number of halogens is 2. The normalized spacial score (nSPS) is 28.1. The van der Waals surface area contributed by atoms with E-state index in [9.17, 15) is 8.78 Å². The number of hydrogen-bond acceptors (Lipinski definition) is 2. The molecule has 1 aromatic carbocycles. The molecule has 0 aliphatic heterocycles. The number of nitrogens with two attached hydrogens (primary N) is 1. The molecule has 1 fully saturated rings. The molecule has 100 valence electrons. The fourth-order valence-corrected chi connectivity index (χ4v) is 2.47. The molecule has 0 spiro atoms. The van der Waals surface area contributed by atoms with Crippen LogP contribution in [-0.4, -0.2) is 12.1 Å². The zero-order valence-electron chi connectivity index (χ0n) is 10.5. The van der Waals surface area contributed by atoms with E-state index in [-0.39, 0.29) is 17.9 Å². The van der Waals surface area contributed by atoms with Crippen LogP contribution in [0.1, 0.15) is 32.6 Å². The highest BCUT2D eigenvalue weighted by atomic mass is 19.1. The average Bonchev–Trinajstić information content (AvgIpc) is 2.36. The summed E-state index contributed by atoms with van der Waals surface area (Å²) >= 11 is 0. The molecule has 0 radical (unpaired) electrons. The molecule has 1 aromatic rings. The molecule has 0 saturated heterocycles. The van der Waals surface area contributed by atoms with Crippen LogP contribution in [0.2, 0.25) is 0 Å². The molecule has 1 aliphatic rings. The highest BCUT2D eigenvalue weighted by Crippen LogP contribution is 2.30. The van der Waals surface area contributed by atoms with Gasteiger partial charge in [-0.05, 0) is 37.3 Å². The van der Waals surface area contributed by atoms with Crippen molar-refractivity contribution >= 4 is 0 Å². The highest BCUT2D eigenvalue weighted by Gasteiger charge is 2.29. The molecule has 1 aliphatic carbocycles. The molecule has 2 N–H and O–H groups in total. The lowest BCUT2D eigenvalue weighted by molar-refractivity contribution is 0.0967. The maximum atomic E-state index is 13.5.